The monoisotopic (exact) mass is 656 g/mol. The lowest BCUT2D eigenvalue weighted by Crippen LogP contribution is -2.53. The Morgan fingerprint density at radius 1 is 0.935 bits per heavy atom. The van der Waals surface area contributed by atoms with Gasteiger partial charge >= 0.3 is 0 Å². The number of fused-ring (bicyclic) bond motifs is 1. The highest BCUT2D eigenvalue weighted by Gasteiger charge is 2.42. The zero-order valence-electron chi connectivity index (χ0n) is 25.3. The van der Waals surface area contributed by atoms with Gasteiger partial charge in [-0.15, -0.1) is 0 Å². The lowest BCUT2D eigenvalue weighted by Gasteiger charge is -2.37. The summed E-state index contributed by atoms with van der Waals surface area (Å²) in [6.45, 7) is 3.60. The van der Waals surface area contributed by atoms with E-state index in [0.29, 0.717) is 33.9 Å². The number of aryl methyl sites for hydroxylation is 2. The topological polar surface area (TPSA) is 125 Å². The fourth-order valence-corrected chi connectivity index (χ4v) is 7.29. The predicted molar refractivity (Wildman–Crippen MR) is 181 cm³/mol. The quantitative estimate of drug-likeness (QED) is 0.184. The molecule has 0 bridgehead atoms. The first kappa shape index (κ1) is 32.5. The summed E-state index contributed by atoms with van der Waals surface area (Å²) < 4.78 is 29.3. The molecule has 46 heavy (non-hydrogen) atoms. The number of sulfonamides is 1. The first-order valence-electron chi connectivity index (χ1n) is 14.6. The third kappa shape index (κ3) is 7.47. The summed E-state index contributed by atoms with van der Waals surface area (Å²) >= 11 is 6.23. The molecule has 0 radical (unpaired) electrons. The summed E-state index contributed by atoms with van der Waals surface area (Å²) in [5.41, 5.74) is 4.08. The highest BCUT2D eigenvalue weighted by atomic mass is 35.5. The second kappa shape index (κ2) is 14.0. The van der Waals surface area contributed by atoms with Crippen LogP contribution in [0.4, 0.5) is 17.1 Å². The van der Waals surface area contributed by atoms with Gasteiger partial charge in [0.1, 0.15) is 6.04 Å². The minimum Gasteiger partial charge on any atom is -0.356 e. The Bertz CT molecular complexity index is 1910. The molecular formula is C35H33ClN4O5S. The zero-order valence-corrected chi connectivity index (χ0v) is 26.9. The van der Waals surface area contributed by atoms with E-state index >= 15 is 0 Å². The van der Waals surface area contributed by atoms with E-state index in [0.717, 1.165) is 15.4 Å². The van der Waals surface area contributed by atoms with Crippen LogP contribution in [0.1, 0.15) is 28.7 Å². The van der Waals surface area contributed by atoms with Gasteiger partial charge in [-0.1, -0.05) is 66.2 Å². The molecular weight excluding hydrogens is 624 g/mol. The molecule has 0 aliphatic carbocycles. The van der Waals surface area contributed by atoms with Crippen LogP contribution in [0.15, 0.2) is 102 Å². The largest absolute Gasteiger partial charge is 0.356 e. The van der Waals surface area contributed by atoms with Crippen molar-refractivity contribution in [2.75, 3.05) is 21.5 Å². The summed E-state index contributed by atoms with van der Waals surface area (Å²) in [6.07, 6.45) is 3.30. The smallest absolute Gasteiger partial charge is 0.265 e. The number of para-hydroxylation sites is 2. The van der Waals surface area contributed by atoms with Gasteiger partial charge in [-0.05, 0) is 85.0 Å². The molecule has 1 aliphatic heterocycles. The van der Waals surface area contributed by atoms with Crippen LogP contribution in [-0.2, 0) is 30.8 Å². The van der Waals surface area contributed by atoms with E-state index in [2.05, 4.69) is 16.0 Å². The van der Waals surface area contributed by atoms with Crippen molar-refractivity contribution in [1.82, 2.24) is 5.32 Å². The van der Waals surface area contributed by atoms with Crippen molar-refractivity contribution in [1.29, 1.82) is 0 Å². The van der Waals surface area contributed by atoms with Crippen LogP contribution in [-0.4, -0.2) is 38.7 Å². The van der Waals surface area contributed by atoms with Crippen LogP contribution in [0.2, 0.25) is 5.02 Å². The summed E-state index contributed by atoms with van der Waals surface area (Å²) in [5, 5.41) is 8.79. The number of carbonyl (C=O) groups is 3. The Morgan fingerprint density at radius 3 is 2.37 bits per heavy atom. The Balaban J connectivity index is 1.23. The number of hydrogen-bond donors (Lipinski definition) is 3. The molecule has 11 heteroatoms. The SMILES string of the molecule is Cc1cc(S(=O)(=O)N2c3ccccc3NC(=O)[C@H]2CC(=O)NCCc2ccc(NC(=O)C=Cc3ccccc3)cc2)c(C)cc1Cl. The Labute approximate surface area is 273 Å². The van der Waals surface area contributed by atoms with Crippen molar-refractivity contribution >= 4 is 62.5 Å². The first-order chi connectivity index (χ1) is 22.0. The average Bonchev–Trinajstić information content (AvgIpc) is 3.03. The summed E-state index contributed by atoms with van der Waals surface area (Å²) in [5.74, 6) is -1.33. The third-order valence-corrected chi connectivity index (χ3v) is 9.91. The maximum atomic E-state index is 14.1. The standard InChI is InChI=1S/C35H33ClN4O5S/c1-23-21-32(24(2)20-28(23)36)46(44,45)40-30-11-7-6-10-29(30)39-35(43)31(40)22-34(42)37-19-18-26-12-15-27(16-13-26)38-33(41)17-14-25-8-4-3-5-9-25/h3-17,20-21,31H,18-19,22H2,1-2H3,(H,37,42)(H,38,41)(H,39,43)/t31-/m1/s1. The van der Waals surface area contributed by atoms with Gasteiger partial charge in [0.2, 0.25) is 17.7 Å². The molecule has 0 aromatic heterocycles. The molecule has 0 fully saturated rings. The van der Waals surface area contributed by atoms with Crippen LogP contribution in [0.5, 0.6) is 0 Å². The van der Waals surface area contributed by atoms with Gasteiger partial charge in [0.15, 0.2) is 0 Å². The highest BCUT2D eigenvalue weighted by molar-refractivity contribution is 7.93. The highest BCUT2D eigenvalue weighted by Crippen LogP contribution is 2.38. The van der Waals surface area contributed by atoms with Gasteiger partial charge < -0.3 is 16.0 Å². The number of amides is 3. The molecule has 5 rings (SSSR count). The number of carbonyl (C=O) groups excluding carboxylic acids is 3. The van der Waals surface area contributed by atoms with Crippen LogP contribution < -0.4 is 20.3 Å². The minimum absolute atomic E-state index is 0.0103. The van der Waals surface area contributed by atoms with Gasteiger partial charge in [0.05, 0.1) is 22.7 Å². The fourth-order valence-electron chi connectivity index (χ4n) is 5.14. The first-order valence-corrected chi connectivity index (χ1v) is 16.5. The lowest BCUT2D eigenvalue weighted by molar-refractivity contribution is -0.125. The molecule has 0 unspecified atom stereocenters. The van der Waals surface area contributed by atoms with Crippen molar-refractivity contribution < 1.29 is 22.8 Å². The molecule has 3 N–H and O–H groups in total. The Hall–Kier alpha value is -4.93. The molecule has 1 heterocycles. The third-order valence-electron chi connectivity index (χ3n) is 7.54. The minimum atomic E-state index is -4.27. The molecule has 236 valence electrons. The second-order valence-corrected chi connectivity index (χ2v) is 13.1. The van der Waals surface area contributed by atoms with Crippen molar-refractivity contribution in [3.8, 4) is 0 Å². The van der Waals surface area contributed by atoms with Crippen molar-refractivity contribution in [3.05, 3.63) is 124 Å². The van der Waals surface area contributed by atoms with Crippen LogP contribution in [0.25, 0.3) is 6.08 Å². The van der Waals surface area contributed by atoms with Gasteiger partial charge in [0.25, 0.3) is 10.0 Å². The summed E-state index contributed by atoms with van der Waals surface area (Å²) in [7, 11) is -4.27. The van der Waals surface area contributed by atoms with Gasteiger partial charge in [-0.3, -0.25) is 18.7 Å². The predicted octanol–water partition coefficient (Wildman–Crippen LogP) is 5.87. The second-order valence-electron chi connectivity index (χ2n) is 10.9. The maximum absolute atomic E-state index is 14.1. The number of nitrogens with one attached hydrogen (secondary N) is 3. The van der Waals surface area contributed by atoms with Crippen LogP contribution >= 0.6 is 11.6 Å². The average molecular weight is 657 g/mol. The van der Waals surface area contributed by atoms with Gasteiger partial charge in [-0.25, -0.2) is 8.42 Å². The van der Waals surface area contributed by atoms with Crippen LogP contribution in [0, 0.1) is 13.8 Å². The molecule has 1 atom stereocenters. The number of hydrogen-bond acceptors (Lipinski definition) is 5. The van der Waals surface area contributed by atoms with E-state index in [1.165, 1.54) is 12.1 Å². The zero-order chi connectivity index (χ0) is 32.8. The lowest BCUT2D eigenvalue weighted by atomic mass is 10.1. The molecule has 1 aliphatic rings. The fraction of sp³-hybridized carbons (Fsp3) is 0.171. The van der Waals surface area contributed by atoms with Gasteiger partial charge in [0, 0.05) is 23.3 Å². The number of halogens is 1. The number of anilines is 3. The Kier molecular flexibility index (Phi) is 9.89. The molecule has 0 saturated heterocycles. The molecule has 4 aromatic carbocycles. The van der Waals surface area contributed by atoms with Crippen molar-refractivity contribution in [3.63, 3.8) is 0 Å². The summed E-state index contributed by atoms with van der Waals surface area (Å²) in [4.78, 5) is 38.6. The van der Waals surface area contributed by atoms with Crippen LogP contribution in [0.3, 0.4) is 0 Å². The molecule has 0 saturated carbocycles. The molecule has 4 aromatic rings. The number of rotatable bonds is 10. The van der Waals surface area contributed by atoms with Crippen molar-refractivity contribution in [2.45, 2.75) is 37.6 Å². The Morgan fingerprint density at radius 2 is 1.63 bits per heavy atom. The molecule has 9 nitrogen and oxygen atoms in total. The number of nitrogens with zero attached hydrogens (tertiary/aromatic N) is 1. The van der Waals surface area contributed by atoms with E-state index in [1.54, 1.807) is 62.4 Å². The van der Waals surface area contributed by atoms with Gasteiger partial charge in [-0.2, -0.15) is 0 Å². The van der Waals surface area contributed by atoms with E-state index in [1.807, 2.05) is 42.5 Å². The van der Waals surface area contributed by atoms with Crippen molar-refractivity contribution in [2.24, 2.45) is 0 Å². The van der Waals surface area contributed by atoms with E-state index in [-0.39, 0.29) is 29.5 Å². The van der Waals surface area contributed by atoms with E-state index in [4.69, 9.17) is 11.6 Å². The van der Waals surface area contributed by atoms with E-state index in [9.17, 15) is 22.8 Å². The normalized spacial score (nSPS) is 14.5. The van der Waals surface area contributed by atoms with E-state index < -0.39 is 27.9 Å². The number of benzene rings is 4. The molecule has 0 spiro atoms. The molecule has 3 amide bonds. The summed E-state index contributed by atoms with van der Waals surface area (Å²) in [6, 6.07) is 25.1. The maximum Gasteiger partial charge on any atom is 0.265 e.